The van der Waals surface area contributed by atoms with Crippen molar-refractivity contribution in [2.45, 2.75) is 18.9 Å². The van der Waals surface area contributed by atoms with Crippen molar-refractivity contribution in [2.75, 3.05) is 32.1 Å². The van der Waals surface area contributed by atoms with Gasteiger partial charge in [0.05, 0.1) is 0 Å². The van der Waals surface area contributed by atoms with Crippen LogP contribution in [0.3, 0.4) is 0 Å². The lowest BCUT2D eigenvalue weighted by Crippen LogP contribution is -2.45. The Morgan fingerprint density at radius 1 is 1.44 bits per heavy atom. The minimum atomic E-state index is -0.946. The Morgan fingerprint density at radius 3 is 2.50 bits per heavy atom. The number of carboxylic acid groups (broad SMARTS) is 1. The smallest absolute Gasteiger partial charge is 0.323 e. The highest BCUT2D eigenvalue weighted by Crippen LogP contribution is 2.27. The molecule has 0 saturated heterocycles. The molecule has 0 atom stereocenters. The molecule has 0 heterocycles. The second-order valence-corrected chi connectivity index (χ2v) is 4.94. The number of nitrogens with zero attached hydrogens (tertiary/aromatic N) is 2. The predicted octanol–water partition coefficient (Wildman–Crippen LogP) is 0.950. The molecule has 1 aliphatic carbocycles. The number of thioether (sulfide) groups is 1. The van der Waals surface area contributed by atoms with Gasteiger partial charge >= 0.3 is 12.0 Å². The summed E-state index contributed by atoms with van der Waals surface area (Å²) in [5, 5.41) is 8.75. The molecule has 6 heteroatoms. The van der Waals surface area contributed by atoms with Gasteiger partial charge in [0.25, 0.3) is 0 Å². The molecule has 0 bridgehead atoms. The third kappa shape index (κ3) is 3.92. The summed E-state index contributed by atoms with van der Waals surface area (Å²) in [5.74, 6) is -0.0770. The lowest BCUT2D eigenvalue weighted by Gasteiger charge is -2.26. The van der Waals surface area contributed by atoms with Crippen LogP contribution in [0.2, 0.25) is 0 Å². The molecule has 1 saturated carbocycles. The maximum Gasteiger partial charge on any atom is 0.323 e. The zero-order valence-electron chi connectivity index (χ0n) is 9.68. The average molecular weight is 246 g/mol. The van der Waals surface area contributed by atoms with Crippen molar-refractivity contribution in [3.63, 3.8) is 0 Å². The first-order chi connectivity index (χ1) is 7.56. The fourth-order valence-electron chi connectivity index (χ4n) is 1.43. The summed E-state index contributed by atoms with van der Waals surface area (Å²) >= 11 is 1.67. The Kier molecular flexibility index (Phi) is 4.92. The van der Waals surface area contributed by atoms with Gasteiger partial charge in [-0.2, -0.15) is 11.8 Å². The number of urea groups is 1. The van der Waals surface area contributed by atoms with Gasteiger partial charge in [-0.05, 0) is 19.1 Å². The van der Waals surface area contributed by atoms with Gasteiger partial charge < -0.3 is 14.9 Å². The predicted molar refractivity (Wildman–Crippen MR) is 63.8 cm³/mol. The van der Waals surface area contributed by atoms with E-state index in [1.54, 1.807) is 23.7 Å². The van der Waals surface area contributed by atoms with E-state index in [1.807, 2.05) is 6.26 Å². The van der Waals surface area contributed by atoms with E-state index >= 15 is 0 Å². The third-order valence-electron chi connectivity index (χ3n) is 2.50. The lowest BCUT2D eigenvalue weighted by molar-refractivity contribution is -0.137. The van der Waals surface area contributed by atoms with Gasteiger partial charge in [-0.1, -0.05) is 0 Å². The number of hydrogen-bond donors (Lipinski definition) is 1. The van der Waals surface area contributed by atoms with Crippen LogP contribution in [0.5, 0.6) is 0 Å². The maximum atomic E-state index is 11.9. The Hall–Kier alpha value is -0.910. The van der Waals surface area contributed by atoms with Crippen LogP contribution in [0.4, 0.5) is 4.79 Å². The van der Waals surface area contributed by atoms with Crippen LogP contribution < -0.4 is 0 Å². The molecule has 1 N–H and O–H groups in total. The molecule has 16 heavy (non-hydrogen) atoms. The van der Waals surface area contributed by atoms with Crippen molar-refractivity contribution in [3.05, 3.63) is 0 Å². The van der Waals surface area contributed by atoms with E-state index < -0.39 is 5.97 Å². The normalized spacial score (nSPS) is 14.6. The van der Waals surface area contributed by atoms with Gasteiger partial charge in [-0.3, -0.25) is 4.79 Å². The second-order valence-electron chi connectivity index (χ2n) is 3.95. The minimum absolute atomic E-state index is 0.139. The van der Waals surface area contributed by atoms with Crippen LogP contribution in [0.25, 0.3) is 0 Å². The Bertz CT molecular complexity index is 269. The van der Waals surface area contributed by atoms with Gasteiger partial charge in [0, 0.05) is 25.4 Å². The molecule has 1 fully saturated rings. The summed E-state index contributed by atoms with van der Waals surface area (Å²) in [6.45, 7) is 0.468. The molecular formula is C10H18N2O3S. The highest BCUT2D eigenvalue weighted by atomic mass is 32.2. The molecule has 0 aromatic heterocycles. The van der Waals surface area contributed by atoms with Gasteiger partial charge in [-0.25, -0.2) is 4.79 Å². The number of aliphatic carboxylic acids is 1. The maximum absolute atomic E-state index is 11.9. The topological polar surface area (TPSA) is 60.9 Å². The van der Waals surface area contributed by atoms with E-state index in [0.29, 0.717) is 6.54 Å². The molecule has 2 amide bonds. The highest BCUT2D eigenvalue weighted by Gasteiger charge is 2.35. The lowest BCUT2D eigenvalue weighted by atomic mass is 10.4. The molecule has 92 valence electrons. The van der Waals surface area contributed by atoms with Crippen LogP contribution in [0, 0.1) is 0 Å². The van der Waals surface area contributed by atoms with E-state index in [0.717, 1.165) is 18.6 Å². The van der Waals surface area contributed by atoms with Crippen LogP contribution in [-0.2, 0) is 4.79 Å². The molecule has 0 spiro atoms. The largest absolute Gasteiger partial charge is 0.480 e. The van der Waals surface area contributed by atoms with Crippen molar-refractivity contribution in [1.82, 2.24) is 9.80 Å². The number of carbonyl (C=O) groups excluding carboxylic acids is 1. The SMILES string of the molecule is CSCCN(C)C(=O)N(CC(=O)O)C1CC1. The highest BCUT2D eigenvalue weighted by molar-refractivity contribution is 7.98. The zero-order chi connectivity index (χ0) is 12.1. The molecule has 0 radical (unpaired) electrons. The van der Waals surface area contributed by atoms with E-state index in [-0.39, 0.29) is 18.6 Å². The Labute approximate surface area is 99.8 Å². The standard InChI is InChI=1S/C10H18N2O3S/c1-11(5-6-16-2)10(15)12(7-9(13)14)8-3-4-8/h8H,3-7H2,1-2H3,(H,13,14). The molecule has 1 aliphatic rings. The first-order valence-corrected chi connectivity index (χ1v) is 6.68. The van der Waals surface area contributed by atoms with Gasteiger partial charge in [-0.15, -0.1) is 0 Å². The molecular weight excluding hydrogens is 228 g/mol. The van der Waals surface area contributed by atoms with Gasteiger partial charge in [0.15, 0.2) is 0 Å². The quantitative estimate of drug-likeness (QED) is 0.758. The molecule has 0 aromatic rings. The van der Waals surface area contributed by atoms with Crippen LogP contribution in [-0.4, -0.2) is 65.1 Å². The van der Waals surface area contributed by atoms with Gasteiger partial charge in [0.1, 0.15) is 6.54 Å². The first kappa shape index (κ1) is 13.2. The monoisotopic (exact) mass is 246 g/mol. The first-order valence-electron chi connectivity index (χ1n) is 5.28. The van der Waals surface area contributed by atoms with Gasteiger partial charge in [0.2, 0.25) is 0 Å². The third-order valence-corrected chi connectivity index (χ3v) is 3.09. The van der Waals surface area contributed by atoms with E-state index in [4.69, 9.17) is 5.11 Å². The van der Waals surface area contributed by atoms with E-state index in [9.17, 15) is 9.59 Å². The van der Waals surface area contributed by atoms with Crippen molar-refractivity contribution in [3.8, 4) is 0 Å². The van der Waals surface area contributed by atoms with Crippen molar-refractivity contribution in [1.29, 1.82) is 0 Å². The van der Waals surface area contributed by atoms with Crippen LogP contribution >= 0.6 is 11.8 Å². The fourth-order valence-corrected chi connectivity index (χ4v) is 1.88. The van der Waals surface area contributed by atoms with Crippen molar-refractivity contribution in [2.24, 2.45) is 0 Å². The summed E-state index contributed by atoms with van der Waals surface area (Å²) in [6.07, 6.45) is 3.83. The van der Waals surface area contributed by atoms with Crippen molar-refractivity contribution < 1.29 is 14.7 Å². The Morgan fingerprint density at radius 2 is 2.06 bits per heavy atom. The van der Waals surface area contributed by atoms with Crippen molar-refractivity contribution >= 4 is 23.8 Å². The summed E-state index contributed by atoms with van der Waals surface area (Å²) in [4.78, 5) is 25.7. The molecule has 0 unspecified atom stereocenters. The fraction of sp³-hybridized carbons (Fsp3) is 0.800. The average Bonchev–Trinajstić information content (AvgIpc) is 3.05. The second kappa shape index (κ2) is 5.98. The number of hydrogen-bond acceptors (Lipinski definition) is 3. The zero-order valence-corrected chi connectivity index (χ0v) is 10.5. The summed E-state index contributed by atoms with van der Waals surface area (Å²) in [7, 11) is 1.72. The summed E-state index contributed by atoms with van der Waals surface area (Å²) in [6, 6.07) is -0.0284. The molecule has 0 aliphatic heterocycles. The summed E-state index contributed by atoms with van der Waals surface area (Å²) < 4.78 is 0. The molecule has 0 aromatic carbocycles. The molecule has 1 rings (SSSR count). The minimum Gasteiger partial charge on any atom is -0.480 e. The number of carbonyl (C=O) groups is 2. The Balaban J connectivity index is 2.49. The molecule has 5 nitrogen and oxygen atoms in total. The number of rotatable bonds is 6. The van der Waals surface area contributed by atoms with Crippen LogP contribution in [0.1, 0.15) is 12.8 Å². The summed E-state index contributed by atoms with van der Waals surface area (Å²) in [5.41, 5.74) is 0. The number of carboxylic acids is 1. The van der Waals surface area contributed by atoms with E-state index in [2.05, 4.69) is 0 Å². The van der Waals surface area contributed by atoms with Crippen LogP contribution in [0.15, 0.2) is 0 Å². The van der Waals surface area contributed by atoms with E-state index in [1.165, 1.54) is 4.90 Å². The number of amides is 2.